The fourth-order valence-electron chi connectivity index (χ4n) is 1.55. The third-order valence-electron chi connectivity index (χ3n) is 2.41. The van der Waals surface area contributed by atoms with Crippen molar-refractivity contribution in [3.63, 3.8) is 0 Å². The topological polar surface area (TPSA) is 61.0 Å². The molecule has 0 fully saturated rings. The first-order chi connectivity index (χ1) is 8.74. The Morgan fingerprint density at radius 3 is 3.00 bits per heavy atom. The van der Waals surface area contributed by atoms with Gasteiger partial charge in [0.2, 0.25) is 5.88 Å². The van der Waals surface area contributed by atoms with E-state index in [0.29, 0.717) is 22.3 Å². The van der Waals surface area contributed by atoms with Crippen LogP contribution >= 0.6 is 22.9 Å². The normalized spacial score (nSPS) is 10.7. The van der Waals surface area contributed by atoms with Crippen LogP contribution in [0.3, 0.4) is 0 Å². The summed E-state index contributed by atoms with van der Waals surface area (Å²) in [5.74, 6) is 0.976. The van der Waals surface area contributed by atoms with Crippen molar-refractivity contribution < 1.29 is 4.74 Å². The summed E-state index contributed by atoms with van der Waals surface area (Å²) in [6.45, 7) is 0. The molecule has 0 aliphatic rings. The highest BCUT2D eigenvalue weighted by Gasteiger charge is 2.09. The zero-order valence-corrected chi connectivity index (χ0v) is 10.7. The van der Waals surface area contributed by atoms with Crippen LogP contribution in [0.5, 0.6) is 11.6 Å². The first-order valence-corrected chi connectivity index (χ1v) is 6.41. The van der Waals surface area contributed by atoms with E-state index in [1.54, 1.807) is 18.2 Å². The van der Waals surface area contributed by atoms with Crippen LogP contribution in [0.4, 0.5) is 5.69 Å². The maximum atomic E-state index is 5.91. The smallest absolute Gasteiger partial charge is 0.231 e. The molecule has 0 amide bonds. The average molecular weight is 278 g/mol. The lowest BCUT2D eigenvalue weighted by Crippen LogP contribution is -1.94. The van der Waals surface area contributed by atoms with Crippen molar-refractivity contribution in [1.29, 1.82) is 0 Å². The standard InChI is InChI=1S/C12H8ClN3OS/c13-7-1-2-9(14)10(5-7)17-11-8-3-4-18-12(8)16-6-15-11/h1-6H,14H2. The molecule has 0 saturated heterocycles. The van der Waals surface area contributed by atoms with E-state index in [1.807, 2.05) is 11.4 Å². The van der Waals surface area contributed by atoms with Crippen molar-refractivity contribution in [3.8, 4) is 11.6 Å². The van der Waals surface area contributed by atoms with Crippen molar-refractivity contribution in [1.82, 2.24) is 9.97 Å². The minimum absolute atomic E-state index is 0.482. The van der Waals surface area contributed by atoms with Crippen molar-refractivity contribution in [2.75, 3.05) is 5.73 Å². The third-order valence-corrected chi connectivity index (χ3v) is 3.46. The predicted octanol–water partition coefficient (Wildman–Crippen LogP) is 3.72. The number of hydrogen-bond donors (Lipinski definition) is 1. The summed E-state index contributed by atoms with van der Waals surface area (Å²) in [4.78, 5) is 9.15. The highest BCUT2D eigenvalue weighted by Crippen LogP contribution is 2.33. The van der Waals surface area contributed by atoms with Gasteiger partial charge in [0.05, 0.1) is 11.1 Å². The summed E-state index contributed by atoms with van der Waals surface area (Å²) in [6.07, 6.45) is 1.47. The second-order valence-electron chi connectivity index (χ2n) is 3.60. The predicted molar refractivity (Wildman–Crippen MR) is 73.4 cm³/mol. The van der Waals surface area contributed by atoms with Gasteiger partial charge in [0.1, 0.15) is 11.2 Å². The summed E-state index contributed by atoms with van der Waals surface area (Å²) in [7, 11) is 0. The summed E-state index contributed by atoms with van der Waals surface area (Å²) >= 11 is 7.44. The summed E-state index contributed by atoms with van der Waals surface area (Å²) in [5, 5.41) is 3.37. The number of halogens is 1. The van der Waals surface area contributed by atoms with Gasteiger partial charge in [-0.1, -0.05) is 11.6 Å². The molecule has 0 radical (unpaired) electrons. The second kappa shape index (κ2) is 4.44. The summed E-state index contributed by atoms with van der Waals surface area (Å²) in [6, 6.07) is 6.99. The number of benzene rings is 1. The monoisotopic (exact) mass is 277 g/mol. The molecule has 6 heteroatoms. The minimum Gasteiger partial charge on any atom is -0.436 e. The average Bonchev–Trinajstić information content (AvgIpc) is 2.83. The quantitative estimate of drug-likeness (QED) is 0.725. The number of rotatable bonds is 2. The number of thiophene rings is 1. The van der Waals surface area contributed by atoms with Crippen LogP contribution in [-0.4, -0.2) is 9.97 Å². The lowest BCUT2D eigenvalue weighted by molar-refractivity contribution is 0.470. The summed E-state index contributed by atoms with van der Waals surface area (Å²) in [5.41, 5.74) is 6.35. The largest absolute Gasteiger partial charge is 0.436 e. The molecule has 1 aromatic carbocycles. The van der Waals surface area contributed by atoms with Crippen molar-refractivity contribution in [2.24, 2.45) is 0 Å². The number of anilines is 1. The number of nitrogen functional groups attached to an aromatic ring is 1. The Morgan fingerprint density at radius 2 is 2.11 bits per heavy atom. The Labute approximate surface area is 112 Å². The van der Waals surface area contributed by atoms with Gasteiger partial charge in [-0.15, -0.1) is 11.3 Å². The molecule has 90 valence electrons. The van der Waals surface area contributed by atoms with Gasteiger partial charge in [0, 0.05) is 11.1 Å². The van der Waals surface area contributed by atoms with E-state index in [9.17, 15) is 0 Å². The lowest BCUT2D eigenvalue weighted by Gasteiger charge is -2.08. The number of ether oxygens (including phenoxy) is 1. The van der Waals surface area contributed by atoms with Crippen molar-refractivity contribution in [3.05, 3.63) is 41.0 Å². The fourth-order valence-corrected chi connectivity index (χ4v) is 2.43. The summed E-state index contributed by atoms with van der Waals surface area (Å²) < 4.78 is 5.71. The molecule has 3 rings (SSSR count). The van der Waals surface area contributed by atoms with Gasteiger partial charge in [-0.2, -0.15) is 0 Å². The highest BCUT2D eigenvalue weighted by molar-refractivity contribution is 7.16. The Kier molecular flexibility index (Phi) is 2.77. The van der Waals surface area contributed by atoms with Crippen LogP contribution < -0.4 is 10.5 Å². The fraction of sp³-hybridized carbons (Fsp3) is 0. The minimum atomic E-state index is 0.482. The van der Waals surface area contributed by atoms with Crippen LogP contribution in [0.2, 0.25) is 5.02 Å². The van der Waals surface area contributed by atoms with Gasteiger partial charge in [0.25, 0.3) is 0 Å². The Balaban J connectivity index is 2.06. The Morgan fingerprint density at radius 1 is 1.22 bits per heavy atom. The molecular weight excluding hydrogens is 270 g/mol. The van der Waals surface area contributed by atoms with Crippen LogP contribution in [0.1, 0.15) is 0 Å². The second-order valence-corrected chi connectivity index (χ2v) is 4.93. The van der Waals surface area contributed by atoms with Crippen LogP contribution in [0.15, 0.2) is 36.0 Å². The Hall–Kier alpha value is -1.85. The number of hydrogen-bond acceptors (Lipinski definition) is 5. The van der Waals surface area contributed by atoms with Crippen molar-refractivity contribution >= 4 is 38.8 Å². The molecule has 2 heterocycles. The molecular formula is C12H8ClN3OS. The van der Waals surface area contributed by atoms with E-state index in [1.165, 1.54) is 17.7 Å². The van der Waals surface area contributed by atoms with E-state index in [-0.39, 0.29) is 0 Å². The first kappa shape index (κ1) is 11.3. The molecule has 4 nitrogen and oxygen atoms in total. The zero-order chi connectivity index (χ0) is 12.5. The number of fused-ring (bicyclic) bond motifs is 1. The van der Waals surface area contributed by atoms with E-state index in [0.717, 1.165) is 10.2 Å². The number of nitrogens with two attached hydrogens (primary N) is 1. The highest BCUT2D eigenvalue weighted by atomic mass is 35.5. The van der Waals surface area contributed by atoms with Crippen molar-refractivity contribution in [2.45, 2.75) is 0 Å². The zero-order valence-electron chi connectivity index (χ0n) is 9.13. The molecule has 0 aliphatic heterocycles. The van der Waals surface area contributed by atoms with Gasteiger partial charge in [-0.25, -0.2) is 9.97 Å². The molecule has 0 aliphatic carbocycles. The van der Waals surface area contributed by atoms with Crippen LogP contribution in [-0.2, 0) is 0 Å². The van der Waals surface area contributed by atoms with Gasteiger partial charge < -0.3 is 10.5 Å². The van der Waals surface area contributed by atoms with Crippen LogP contribution in [0, 0.1) is 0 Å². The molecule has 0 bridgehead atoms. The number of aromatic nitrogens is 2. The maximum absolute atomic E-state index is 5.91. The molecule has 0 spiro atoms. The van der Waals surface area contributed by atoms with E-state index >= 15 is 0 Å². The van der Waals surface area contributed by atoms with E-state index < -0.39 is 0 Å². The molecule has 0 atom stereocenters. The first-order valence-electron chi connectivity index (χ1n) is 5.15. The molecule has 2 N–H and O–H groups in total. The molecule has 18 heavy (non-hydrogen) atoms. The van der Waals surface area contributed by atoms with Gasteiger partial charge >= 0.3 is 0 Å². The molecule has 2 aromatic heterocycles. The van der Waals surface area contributed by atoms with E-state index in [2.05, 4.69) is 9.97 Å². The van der Waals surface area contributed by atoms with Gasteiger partial charge in [-0.05, 0) is 23.6 Å². The third kappa shape index (κ3) is 1.98. The SMILES string of the molecule is Nc1ccc(Cl)cc1Oc1ncnc2sccc12. The lowest BCUT2D eigenvalue weighted by atomic mass is 10.3. The van der Waals surface area contributed by atoms with Crippen LogP contribution in [0.25, 0.3) is 10.2 Å². The van der Waals surface area contributed by atoms with Gasteiger partial charge in [0.15, 0.2) is 5.75 Å². The molecule has 0 saturated carbocycles. The maximum Gasteiger partial charge on any atom is 0.231 e. The van der Waals surface area contributed by atoms with E-state index in [4.69, 9.17) is 22.1 Å². The van der Waals surface area contributed by atoms with Gasteiger partial charge in [-0.3, -0.25) is 0 Å². The number of nitrogens with zero attached hydrogens (tertiary/aromatic N) is 2. The molecule has 0 unspecified atom stereocenters. The Bertz CT molecular complexity index is 713. The molecule has 3 aromatic rings.